The molecule has 2 bridgehead atoms. The molecule has 1 saturated carbocycles. The molecule has 6 aliphatic heterocycles. The van der Waals surface area contributed by atoms with E-state index in [0.717, 1.165) is 65.2 Å². The van der Waals surface area contributed by atoms with Crippen LogP contribution < -0.4 is 21.1 Å². The van der Waals surface area contributed by atoms with Gasteiger partial charge in [-0.15, -0.1) is 0 Å². The molecule has 2 aromatic heterocycles. The van der Waals surface area contributed by atoms with Gasteiger partial charge in [0.05, 0.1) is 34.0 Å². The molecule has 8 heterocycles. The second kappa shape index (κ2) is 18.8. The number of aromatic nitrogens is 3. The van der Waals surface area contributed by atoms with Gasteiger partial charge in [0.15, 0.2) is 12.2 Å². The summed E-state index contributed by atoms with van der Waals surface area (Å²) in [5.74, 6) is -5.14. The number of anilines is 2. The maximum atomic E-state index is 15.2. The van der Waals surface area contributed by atoms with E-state index in [1.165, 1.54) is 26.7 Å². The first-order chi connectivity index (χ1) is 35.8. The number of ether oxygens (including phenoxy) is 5. The number of carbonyl (C=O) groups excluding carboxylic acids is 3. The van der Waals surface area contributed by atoms with Crippen LogP contribution in [0.2, 0.25) is 0 Å². The second-order valence-corrected chi connectivity index (χ2v) is 21.1. The van der Waals surface area contributed by atoms with Gasteiger partial charge in [-0.25, -0.2) is 9.59 Å². The Balaban J connectivity index is 0.000000301. The van der Waals surface area contributed by atoms with E-state index in [9.17, 15) is 33.4 Å². The first-order valence-electron chi connectivity index (χ1n) is 25.4. The van der Waals surface area contributed by atoms with E-state index >= 15 is 4.79 Å². The molecule has 2 aromatic carbocycles. The van der Waals surface area contributed by atoms with E-state index < -0.39 is 82.6 Å². The first-order valence-corrected chi connectivity index (χ1v) is 25.4. The van der Waals surface area contributed by atoms with E-state index in [1.54, 1.807) is 7.11 Å². The summed E-state index contributed by atoms with van der Waals surface area (Å²) in [5, 5.41) is 32.5. The van der Waals surface area contributed by atoms with Crippen molar-refractivity contribution in [2.24, 2.45) is 11.3 Å². The highest BCUT2D eigenvalue weighted by Crippen LogP contribution is 2.68. The standard InChI is InChI=1S/C45H54N4O8.C9H11F2N3O4/c1-8-27-19-28-22-44(40(51)55-6,36-30(25-48(23-27)24-28)29-13-10-11-14-33(29)46-36)32-20-31-34(21-35(32)54-5)47(4)38-43(31)16-18-49-17-12-15-42(9-2,37(43)49)39(57-26(3)50)45(38,53)41(52)56-7;10-9(11)6(16)4(3-15)18-7(9)14-2-1-5(12)13-8(14)17/h10-15,19-21,28,37-39,46,53H,8-9,16-18,22-25H2,1-7H3;1-2,4,6-7,15-16H,3H2,(H2,12,13,17)/t28-,37-,38+,39+,42+,43+,44-,45-;4-,6-,7-/m01/s1. The van der Waals surface area contributed by atoms with E-state index in [0.29, 0.717) is 54.8 Å². The lowest BCUT2D eigenvalue weighted by Crippen LogP contribution is -2.81. The van der Waals surface area contributed by atoms with Gasteiger partial charge in [-0.05, 0) is 67.5 Å². The predicted molar refractivity (Wildman–Crippen MR) is 269 cm³/mol. The molecule has 402 valence electrons. The summed E-state index contributed by atoms with van der Waals surface area (Å²) < 4.78 is 56.6. The highest BCUT2D eigenvalue weighted by atomic mass is 19.3. The van der Waals surface area contributed by atoms with Crippen molar-refractivity contribution in [3.05, 3.63) is 105 Å². The normalized spacial score (nSPS) is 33.9. The zero-order valence-corrected chi connectivity index (χ0v) is 43.0. The lowest BCUT2D eigenvalue weighted by Gasteiger charge is -2.63. The van der Waals surface area contributed by atoms with Crippen LogP contribution in [0.25, 0.3) is 10.9 Å². The van der Waals surface area contributed by atoms with Crippen molar-refractivity contribution in [3.8, 4) is 5.75 Å². The van der Waals surface area contributed by atoms with Gasteiger partial charge < -0.3 is 54.6 Å². The summed E-state index contributed by atoms with van der Waals surface area (Å²) >= 11 is 0. The number of nitrogens with one attached hydrogen (secondary N) is 1. The Hall–Kier alpha value is -6.23. The number of benzene rings is 2. The molecule has 1 spiro atoms. The zero-order valence-electron chi connectivity index (χ0n) is 43.0. The number of aliphatic hydroxyl groups is 3. The topological polar surface area (TPSA) is 244 Å². The van der Waals surface area contributed by atoms with Crippen LogP contribution in [0.5, 0.6) is 5.75 Å². The number of esters is 3. The maximum absolute atomic E-state index is 15.2. The number of methoxy groups -OCH3 is 3. The Morgan fingerprint density at radius 3 is 2.43 bits per heavy atom. The predicted octanol–water partition coefficient (Wildman–Crippen LogP) is 3.47. The van der Waals surface area contributed by atoms with Crippen molar-refractivity contribution in [3.63, 3.8) is 0 Å². The summed E-state index contributed by atoms with van der Waals surface area (Å²) in [6.07, 6.45) is 2.98. The van der Waals surface area contributed by atoms with Gasteiger partial charge in [0, 0.05) is 97.1 Å². The average molecular weight is 1040 g/mol. The molecule has 21 heteroatoms. The number of carbonyl (C=O) groups is 3. The number of likely N-dealkylation sites (N-methyl/N-ethyl adjacent to an activating group) is 1. The maximum Gasteiger partial charge on any atom is 0.351 e. The Labute approximate surface area is 431 Å². The number of hydrogen-bond acceptors (Lipinski definition) is 17. The molecular formula is C54H65F2N7O12. The molecule has 11 rings (SSSR count). The molecule has 0 amide bonds. The van der Waals surface area contributed by atoms with E-state index in [4.69, 9.17) is 34.5 Å². The number of fused-ring (bicyclic) bond motifs is 6. The highest BCUT2D eigenvalue weighted by Gasteiger charge is 2.80. The molecule has 4 aromatic rings. The van der Waals surface area contributed by atoms with E-state index in [-0.39, 0.29) is 23.7 Å². The monoisotopic (exact) mass is 1040 g/mol. The largest absolute Gasteiger partial charge is 0.496 e. The van der Waals surface area contributed by atoms with Crippen LogP contribution in [0.15, 0.2) is 77.3 Å². The van der Waals surface area contributed by atoms with Crippen molar-refractivity contribution in [2.75, 3.05) is 71.8 Å². The van der Waals surface area contributed by atoms with Crippen LogP contribution in [-0.2, 0) is 50.7 Å². The third-order valence-corrected chi connectivity index (χ3v) is 17.4. The van der Waals surface area contributed by atoms with Crippen LogP contribution in [0.4, 0.5) is 20.3 Å². The summed E-state index contributed by atoms with van der Waals surface area (Å²) in [6, 6.07) is 12.3. The van der Waals surface area contributed by atoms with Gasteiger partial charge in [0.25, 0.3) is 0 Å². The van der Waals surface area contributed by atoms with Crippen molar-refractivity contribution < 1.29 is 62.2 Å². The molecular weight excluding hydrogens is 977 g/mol. The molecule has 75 heavy (non-hydrogen) atoms. The highest BCUT2D eigenvalue weighted by molar-refractivity contribution is 5.95. The number of para-hydroxylation sites is 1. The van der Waals surface area contributed by atoms with Crippen molar-refractivity contribution in [1.82, 2.24) is 24.3 Å². The molecule has 19 nitrogen and oxygen atoms in total. The van der Waals surface area contributed by atoms with Gasteiger partial charge >= 0.3 is 29.5 Å². The molecule has 2 saturated heterocycles. The van der Waals surface area contributed by atoms with Crippen LogP contribution in [0.1, 0.15) is 75.1 Å². The van der Waals surface area contributed by atoms with Crippen LogP contribution in [-0.4, -0.2) is 161 Å². The number of alkyl halides is 2. The summed E-state index contributed by atoms with van der Waals surface area (Å²) in [4.78, 5) is 67.8. The summed E-state index contributed by atoms with van der Waals surface area (Å²) in [5.41, 5.74) is 5.26. The minimum atomic E-state index is -3.71. The number of hydrogen-bond donors (Lipinski definition) is 5. The number of nitrogen functional groups attached to an aromatic ring is 1. The number of aliphatic hydroxyl groups excluding tert-OH is 2. The molecule has 6 N–H and O–H groups in total. The van der Waals surface area contributed by atoms with Gasteiger partial charge in [0.1, 0.15) is 23.1 Å². The Morgan fingerprint density at radius 1 is 1.03 bits per heavy atom. The molecule has 7 aliphatic rings. The van der Waals surface area contributed by atoms with Gasteiger partial charge in [-0.2, -0.15) is 13.8 Å². The fourth-order valence-electron chi connectivity index (χ4n) is 14.6. The first kappa shape index (κ1) is 52.2. The fourth-order valence-corrected chi connectivity index (χ4v) is 14.6. The Morgan fingerprint density at radius 2 is 1.77 bits per heavy atom. The smallest absolute Gasteiger partial charge is 0.351 e. The van der Waals surface area contributed by atoms with Gasteiger partial charge in [-0.3, -0.25) is 24.0 Å². The molecule has 0 radical (unpaired) electrons. The van der Waals surface area contributed by atoms with Crippen LogP contribution >= 0.6 is 0 Å². The molecule has 0 unspecified atom stereocenters. The summed E-state index contributed by atoms with van der Waals surface area (Å²) in [7, 11) is 6.22. The minimum Gasteiger partial charge on any atom is -0.496 e. The average Bonchev–Trinajstić information content (AvgIpc) is 4.11. The zero-order chi connectivity index (χ0) is 53.7. The van der Waals surface area contributed by atoms with Gasteiger partial charge in [0.2, 0.25) is 11.8 Å². The molecule has 3 fully saturated rings. The van der Waals surface area contributed by atoms with Crippen LogP contribution in [0, 0.1) is 11.3 Å². The van der Waals surface area contributed by atoms with E-state index in [2.05, 4.69) is 63.1 Å². The fraction of sp³-hybridized carbons (Fsp3) is 0.537. The number of nitrogens with zero attached hydrogens (tertiary/aromatic N) is 5. The van der Waals surface area contributed by atoms with Gasteiger partial charge in [-0.1, -0.05) is 55.8 Å². The second-order valence-electron chi connectivity index (χ2n) is 21.1. The quantitative estimate of drug-likeness (QED) is 0.0916. The van der Waals surface area contributed by atoms with Crippen molar-refractivity contribution >= 4 is 40.3 Å². The van der Waals surface area contributed by atoms with E-state index in [1.807, 2.05) is 37.1 Å². The Kier molecular flexibility index (Phi) is 13.1. The number of rotatable bonds is 9. The third kappa shape index (κ3) is 7.42. The number of nitrogens with two attached hydrogens (primary N) is 1. The minimum absolute atomic E-state index is 0.0284. The van der Waals surface area contributed by atoms with Crippen molar-refractivity contribution in [2.45, 2.75) is 112 Å². The third-order valence-electron chi connectivity index (χ3n) is 17.4. The molecule has 1 aliphatic carbocycles. The Bertz CT molecular complexity index is 3070. The lowest BCUT2D eigenvalue weighted by molar-refractivity contribution is -0.228. The van der Waals surface area contributed by atoms with Crippen molar-refractivity contribution in [1.29, 1.82) is 0 Å². The molecule has 12 atom stereocenters. The number of aromatic amines is 1. The number of halogens is 2. The summed E-state index contributed by atoms with van der Waals surface area (Å²) in [6.45, 7) is 8.40. The van der Waals surface area contributed by atoms with Crippen LogP contribution in [0.3, 0.4) is 0 Å². The number of H-pyrrole nitrogens is 1. The lowest BCUT2D eigenvalue weighted by atomic mass is 9.47. The SMILES string of the molecule is CCC1=C[C@@H]2C[N@](C1)Cc1c([nH]c3ccccc13)[C@@](C(=O)OC)(c1cc3c(cc1OC)N(C)[C@H]1[C@@](O)(C(=O)OC)[C@H](OC(C)=O)[C@]4(CC)C=CCN5CC[C@]31[C@@H]54)C2.Nc1ccn([C@@H]2O[C@H](CO)[C@@H](O)C2(F)F)c(=O)n1.